The van der Waals surface area contributed by atoms with E-state index in [0.717, 1.165) is 29.6 Å². The number of piperidine rings is 1. The van der Waals surface area contributed by atoms with E-state index >= 15 is 0 Å². The summed E-state index contributed by atoms with van der Waals surface area (Å²) in [4.78, 5) is 0. The molecule has 6 rings (SSSR count). The molecule has 2 aliphatic heterocycles. The molecule has 4 fully saturated rings. The van der Waals surface area contributed by atoms with E-state index in [1.807, 2.05) is 0 Å². The molecule has 0 aromatic rings. The molecule has 2 heteroatoms. The first-order valence-corrected chi connectivity index (χ1v) is 12.8. The van der Waals surface area contributed by atoms with Crippen molar-refractivity contribution in [2.45, 2.75) is 90.9 Å². The molecule has 0 radical (unpaired) electrons. The standard InChI is InChI=1S/C27H41NO/c1-17-10-14-27(28-16-17)18(2)24-23(29-27)15-22-20-9-8-19-7-5-6-12-25(19,3)21(20)11-13-26(22,24)4/h5,7-8,17-18,20-24,28H,6,9-16H2,1-4H3/p+1/t17-,18+,20+,21-,22+,23-,24-,25-,26-,27-/m0/s1. The number of rotatable bonds is 0. The van der Waals surface area contributed by atoms with E-state index in [9.17, 15) is 0 Å². The van der Waals surface area contributed by atoms with Gasteiger partial charge in [0.2, 0.25) is 5.72 Å². The smallest absolute Gasteiger partial charge is 0.203 e. The number of allylic oxidation sites excluding steroid dienone is 4. The number of ether oxygens (including phenoxy) is 1. The number of hydrogen-bond acceptors (Lipinski definition) is 1. The van der Waals surface area contributed by atoms with Gasteiger partial charge in [-0.1, -0.05) is 45.9 Å². The van der Waals surface area contributed by atoms with Crippen LogP contribution in [0, 0.1) is 46.3 Å². The Labute approximate surface area is 177 Å². The predicted molar refractivity (Wildman–Crippen MR) is 117 cm³/mol. The Kier molecular flexibility index (Phi) is 4.10. The summed E-state index contributed by atoms with van der Waals surface area (Å²) in [6.45, 7) is 11.5. The summed E-state index contributed by atoms with van der Waals surface area (Å²) in [5.41, 5.74) is 2.71. The van der Waals surface area contributed by atoms with Crippen molar-refractivity contribution in [2.75, 3.05) is 6.54 Å². The van der Waals surface area contributed by atoms with Crippen LogP contribution in [0.5, 0.6) is 0 Å². The largest absolute Gasteiger partial charge is 0.323 e. The zero-order valence-corrected chi connectivity index (χ0v) is 19.1. The molecule has 1 spiro atoms. The highest BCUT2D eigenvalue weighted by atomic mass is 16.5. The fourth-order valence-corrected chi connectivity index (χ4v) is 9.65. The van der Waals surface area contributed by atoms with E-state index in [0.29, 0.717) is 22.9 Å². The van der Waals surface area contributed by atoms with E-state index in [2.05, 4.69) is 51.2 Å². The lowest BCUT2D eigenvalue weighted by Gasteiger charge is -2.57. The first-order chi connectivity index (χ1) is 13.9. The Morgan fingerprint density at radius 1 is 1.07 bits per heavy atom. The molecule has 4 aliphatic carbocycles. The zero-order valence-electron chi connectivity index (χ0n) is 19.1. The minimum Gasteiger partial charge on any atom is -0.323 e. The van der Waals surface area contributed by atoms with Crippen LogP contribution in [0.2, 0.25) is 0 Å². The van der Waals surface area contributed by atoms with Crippen LogP contribution in [0.25, 0.3) is 0 Å². The van der Waals surface area contributed by atoms with Gasteiger partial charge in [-0.2, -0.15) is 0 Å². The van der Waals surface area contributed by atoms with Crippen LogP contribution in [0.4, 0.5) is 0 Å². The second-order valence-electron chi connectivity index (χ2n) is 12.4. The zero-order chi connectivity index (χ0) is 20.0. The second kappa shape index (κ2) is 6.22. The van der Waals surface area contributed by atoms with Crippen molar-refractivity contribution in [3.8, 4) is 0 Å². The van der Waals surface area contributed by atoms with Gasteiger partial charge in [0.25, 0.3) is 0 Å². The van der Waals surface area contributed by atoms with Gasteiger partial charge in [-0.05, 0) is 79.1 Å². The van der Waals surface area contributed by atoms with Gasteiger partial charge in [-0.15, -0.1) is 0 Å². The lowest BCUT2D eigenvalue weighted by atomic mass is 9.47. The summed E-state index contributed by atoms with van der Waals surface area (Å²) in [6.07, 6.45) is 18.9. The predicted octanol–water partition coefficient (Wildman–Crippen LogP) is 5.07. The monoisotopic (exact) mass is 396 g/mol. The molecule has 2 nitrogen and oxygen atoms in total. The van der Waals surface area contributed by atoms with Crippen LogP contribution < -0.4 is 5.32 Å². The fourth-order valence-electron chi connectivity index (χ4n) is 9.65. The number of fused-ring (bicyclic) bond motifs is 7. The fraction of sp³-hybridized carbons (Fsp3) is 0.852. The summed E-state index contributed by atoms with van der Waals surface area (Å²) in [5, 5.41) is 2.61. The van der Waals surface area contributed by atoms with Gasteiger partial charge in [-0.3, -0.25) is 0 Å². The third-order valence-electron chi connectivity index (χ3n) is 11.3. The topological polar surface area (TPSA) is 25.8 Å². The van der Waals surface area contributed by atoms with Crippen molar-refractivity contribution in [1.29, 1.82) is 0 Å². The van der Waals surface area contributed by atoms with Crippen molar-refractivity contribution in [2.24, 2.45) is 46.3 Å². The maximum absolute atomic E-state index is 7.06. The Morgan fingerprint density at radius 3 is 2.72 bits per heavy atom. The molecule has 160 valence electrons. The van der Waals surface area contributed by atoms with Crippen molar-refractivity contribution in [1.82, 2.24) is 0 Å². The molecule has 0 bridgehead atoms. The Hall–Kier alpha value is -0.600. The minimum atomic E-state index is 0.104. The maximum Gasteiger partial charge on any atom is 0.203 e. The van der Waals surface area contributed by atoms with E-state index in [4.69, 9.17) is 4.74 Å². The van der Waals surface area contributed by atoms with E-state index in [-0.39, 0.29) is 5.72 Å². The summed E-state index contributed by atoms with van der Waals surface area (Å²) in [6, 6.07) is 0. The number of hydrogen-bond donors (Lipinski definition) is 1. The van der Waals surface area contributed by atoms with Crippen molar-refractivity contribution < 1.29 is 10.1 Å². The molecular weight excluding hydrogens is 354 g/mol. The molecule has 2 saturated heterocycles. The lowest BCUT2D eigenvalue weighted by molar-refractivity contribution is -0.786. The van der Waals surface area contributed by atoms with E-state index < -0.39 is 0 Å². The maximum atomic E-state index is 7.06. The molecule has 0 aromatic carbocycles. The normalized spacial score (nSPS) is 58.3. The van der Waals surface area contributed by atoms with Gasteiger partial charge in [0.1, 0.15) is 0 Å². The van der Waals surface area contributed by atoms with Gasteiger partial charge in [-0.25, -0.2) is 0 Å². The molecule has 2 heterocycles. The van der Waals surface area contributed by atoms with Gasteiger partial charge in [0.15, 0.2) is 0 Å². The van der Waals surface area contributed by atoms with Crippen LogP contribution >= 0.6 is 0 Å². The Morgan fingerprint density at radius 2 is 1.93 bits per heavy atom. The second-order valence-corrected chi connectivity index (χ2v) is 12.4. The van der Waals surface area contributed by atoms with Gasteiger partial charge >= 0.3 is 0 Å². The first kappa shape index (κ1) is 19.1. The highest BCUT2D eigenvalue weighted by Gasteiger charge is 2.69. The van der Waals surface area contributed by atoms with Gasteiger partial charge in [0, 0.05) is 24.2 Å². The average molecular weight is 397 g/mol. The quantitative estimate of drug-likeness (QED) is 0.608. The van der Waals surface area contributed by atoms with Crippen LogP contribution in [-0.4, -0.2) is 18.4 Å². The third-order valence-corrected chi connectivity index (χ3v) is 11.3. The van der Waals surface area contributed by atoms with Gasteiger partial charge < -0.3 is 10.1 Å². The van der Waals surface area contributed by atoms with Crippen molar-refractivity contribution >= 4 is 0 Å². The Balaban J connectivity index is 1.30. The molecule has 0 amide bonds. The molecule has 0 unspecified atom stereocenters. The van der Waals surface area contributed by atoms with Crippen molar-refractivity contribution in [3.05, 3.63) is 23.8 Å². The molecular formula is C27H42NO+. The van der Waals surface area contributed by atoms with E-state index in [1.165, 1.54) is 57.9 Å². The summed E-state index contributed by atoms with van der Waals surface area (Å²) >= 11 is 0. The average Bonchev–Trinajstić information content (AvgIpc) is 3.15. The van der Waals surface area contributed by atoms with Gasteiger partial charge in [0.05, 0.1) is 12.6 Å². The molecule has 29 heavy (non-hydrogen) atoms. The third kappa shape index (κ3) is 2.42. The Bertz CT molecular complexity index is 746. The summed E-state index contributed by atoms with van der Waals surface area (Å²) in [5.74, 6) is 5.00. The summed E-state index contributed by atoms with van der Waals surface area (Å²) < 4.78 is 7.06. The van der Waals surface area contributed by atoms with Crippen LogP contribution in [0.3, 0.4) is 0 Å². The van der Waals surface area contributed by atoms with Crippen molar-refractivity contribution in [3.63, 3.8) is 0 Å². The number of nitrogens with two attached hydrogens (primary N) is 1. The molecule has 6 aliphatic rings. The lowest BCUT2D eigenvalue weighted by Crippen LogP contribution is -3.00. The summed E-state index contributed by atoms with van der Waals surface area (Å²) in [7, 11) is 0. The molecule has 0 aromatic heterocycles. The minimum absolute atomic E-state index is 0.104. The number of quaternary nitrogens is 1. The first-order valence-electron chi connectivity index (χ1n) is 12.8. The van der Waals surface area contributed by atoms with E-state index in [1.54, 1.807) is 5.57 Å². The van der Waals surface area contributed by atoms with Crippen LogP contribution in [-0.2, 0) is 4.74 Å². The molecule has 10 atom stereocenters. The SMILES string of the molecule is C[C@H]1CC[C@]2([NH2+]C1)O[C@H]1C[C@@H]3[C@@H]4CC=C5C=CCC[C@]5(C)[C@H]4CC[C@]3(C)[C@H]1[C@H]2C. The van der Waals surface area contributed by atoms with Crippen LogP contribution in [0.15, 0.2) is 23.8 Å². The molecule has 2 saturated carbocycles. The highest BCUT2D eigenvalue weighted by Crippen LogP contribution is 2.69. The molecule has 2 N–H and O–H groups in total. The van der Waals surface area contributed by atoms with Crippen LogP contribution in [0.1, 0.15) is 79.1 Å². The highest BCUT2D eigenvalue weighted by molar-refractivity contribution is 5.34.